The van der Waals surface area contributed by atoms with Gasteiger partial charge in [0, 0.05) is 15.2 Å². The van der Waals surface area contributed by atoms with Crippen LogP contribution in [0.1, 0.15) is 5.56 Å². The van der Waals surface area contributed by atoms with Crippen LogP contribution >= 0.6 is 27.5 Å². The molecule has 2 nitrogen and oxygen atoms in total. The first-order valence-electron chi connectivity index (χ1n) is 5.34. The lowest BCUT2D eigenvalue weighted by Gasteiger charge is -2.07. The third-order valence-electron chi connectivity index (χ3n) is 2.50. The Kier molecular flexibility index (Phi) is 4.60. The number of halogens is 3. The molecule has 2 rings (SSSR count). The van der Waals surface area contributed by atoms with Gasteiger partial charge < -0.3 is 5.73 Å². The van der Waals surface area contributed by atoms with Crippen LogP contribution in [0.15, 0.2) is 45.8 Å². The van der Waals surface area contributed by atoms with E-state index in [1.165, 1.54) is 12.1 Å². The quantitative estimate of drug-likeness (QED) is 0.834. The first-order valence-corrected chi connectivity index (χ1v) is 7.83. The van der Waals surface area contributed by atoms with Crippen molar-refractivity contribution in [3.05, 3.63) is 57.3 Å². The minimum Gasteiger partial charge on any atom is -0.399 e. The average molecular weight is 363 g/mol. The average Bonchev–Trinajstić information content (AvgIpc) is 2.32. The predicted octanol–water partition coefficient (Wildman–Crippen LogP) is 4.13. The molecule has 0 fully saturated rings. The Labute approximate surface area is 126 Å². The van der Waals surface area contributed by atoms with Gasteiger partial charge in [-0.3, -0.25) is 4.21 Å². The Morgan fingerprint density at radius 3 is 2.63 bits per heavy atom. The molecule has 2 aromatic carbocycles. The lowest BCUT2D eigenvalue weighted by Crippen LogP contribution is -2.01. The van der Waals surface area contributed by atoms with Crippen LogP contribution in [0.25, 0.3) is 0 Å². The molecule has 0 saturated carbocycles. The van der Waals surface area contributed by atoms with E-state index >= 15 is 0 Å². The number of anilines is 1. The number of nitrogens with two attached hydrogens (primary N) is 1. The third kappa shape index (κ3) is 3.55. The van der Waals surface area contributed by atoms with Crippen molar-refractivity contribution in [1.82, 2.24) is 0 Å². The van der Waals surface area contributed by atoms with Crippen molar-refractivity contribution in [1.29, 1.82) is 0 Å². The van der Waals surface area contributed by atoms with E-state index in [-0.39, 0.29) is 10.6 Å². The van der Waals surface area contributed by atoms with Crippen LogP contribution in [0.2, 0.25) is 5.02 Å². The number of benzene rings is 2. The summed E-state index contributed by atoms with van der Waals surface area (Å²) in [5, 5.41) is 0.499. The van der Waals surface area contributed by atoms with Gasteiger partial charge in [0.15, 0.2) is 0 Å². The Balaban J connectivity index is 2.25. The van der Waals surface area contributed by atoms with Crippen LogP contribution in [-0.4, -0.2) is 4.21 Å². The Bertz CT molecular complexity index is 651. The highest BCUT2D eigenvalue weighted by molar-refractivity contribution is 9.10. The van der Waals surface area contributed by atoms with Gasteiger partial charge >= 0.3 is 0 Å². The summed E-state index contributed by atoms with van der Waals surface area (Å²) in [5.74, 6) is -0.404. The summed E-state index contributed by atoms with van der Waals surface area (Å²) in [4.78, 5) is 0.133. The zero-order valence-corrected chi connectivity index (χ0v) is 12.9. The standard InChI is InChI=1S/C13H10BrClFNOS/c14-9-2-1-8(11(15)5-9)7-19(18)13-4-3-10(17)6-12(13)16/h1-6H,7,17H2. The molecule has 0 spiro atoms. The molecule has 2 aromatic rings. The first kappa shape index (κ1) is 14.5. The molecule has 1 unspecified atom stereocenters. The molecule has 0 aliphatic rings. The number of hydrogen-bond donors (Lipinski definition) is 1. The summed E-state index contributed by atoms with van der Waals surface area (Å²) >= 11 is 9.34. The summed E-state index contributed by atoms with van der Waals surface area (Å²) in [6, 6.07) is 9.41. The Morgan fingerprint density at radius 1 is 1.26 bits per heavy atom. The summed E-state index contributed by atoms with van der Waals surface area (Å²) in [5.41, 5.74) is 6.47. The van der Waals surface area contributed by atoms with Crippen molar-refractivity contribution >= 4 is 44.0 Å². The molecule has 1 atom stereocenters. The van der Waals surface area contributed by atoms with Crippen LogP contribution in [0.5, 0.6) is 0 Å². The van der Waals surface area contributed by atoms with E-state index in [0.717, 1.165) is 10.5 Å². The normalized spacial score (nSPS) is 12.4. The molecule has 6 heteroatoms. The highest BCUT2D eigenvalue weighted by atomic mass is 79.9. The molecule has 2 N–H and O–H groups in total. The predicted molar refractivity (Wildman–Crippen MR) is 80.1 cm³/mol. The molecule has 19 heavy (non-hydrogen) atoms. The Hall–Kier alpha value is -0.910. The van der Waals surface area contributed by atoms with Crippen LogP contribution in [0.3, 0.4) is 0 Å². The van der Waals surface area contributed by atoms with Crippen molar-refractivity contribution in [2.24, 2.45) is 0 Å². The van der Waals surface area contributed by atoms with Gasteiger partial charge in [0.25, 0.3) is 0 Å². The molecule has 0 amide bonds. The van der Waals surface area contributed by atoms with E-state index in [1.54, 1.807) is 18.2 Å². The Morgan fingerprint density at radius 2 is 2.00 bits per heavy atom. The van der Waals surface area contributed by atoms with E-state index in [1.807, 2.05) is 0 Å². The first-order chi connectivity index (χ1) is 8.97. The second kappa shape index (κ2) is 6.03. The van der Waals surface area contributed by atoms with E-state index in [2.05, 4.69) is 15.9 Å². The minimum absolute atomic E-state index is 0.133. The highest BCUT2D eigenvalue weighted by Crippen LogP contribution is 2.25. The molecule has 0 bridgehead atoms. The SMILES string of the molecule is Nc1ccc(S(=O)Cc2ccc(Br)cc2Cl)c(F)c1. The molecule has 0 aliphatic heterocycles. The van der Waals surface area contributed by atoms with Gasteiger partial charge in [-0.15, -0.1) is 0 Å². The maximum absolute atomic E-state index is 13.7. The number of hydrogen-bond acceptors (Lipinski definition) is 2. The van der Waals surface area contributed by atoms with E-state index < -0.39 is 16.6 Å². The molecular weight excluding hydrogens is 353 g/mol. The van der Waals surface area contributed by atoms with Crippen LogP contribution in [0.4, 0.5) is 10.1 Å². The van der Waals surface area contributed by atoms with Gasteiger partial charge in [-0.25, -0.2) is 4.39 Å². The van der Waals surface area contributed by atoms with E-state index in [9.17, 15) is 8.60 Å². The fourth-order valence-corrected chi connectivity index (χ4v) is 3.56. The van der Waals surface area contributed by atoms with Gasteiger partial charge in [0.2, 0.25) is 0 Å². The fraction of sp³-hybridized carbons (Fsp3) is 0.0769. The van der Waals surface area contributed by atoms with Gasteiger partial charge in [-0.05, 0) is 35.9 Å². The molecule has 0 heterocycles. The largest absolute Gasteiger partial charge is 0.399 e. The molecule has 0 saturated heterocycles. The van der Waals surface area contributed by atoms with Crippen molar-refractivity contribution in [2.45, 2.75) is 10.6 Å². The summed E-state index contributed by atoms with van der Waals surface area (Å²) in [6.45, 7) is 0. The van der Waals surface area contributed by atoms with E-state index in [0.29, 0.717) is 16.3 Å². The van der Waals surface area contributed by atoms with Gasteiger partial charge in [0.1, 0.15) is 5.82 Å². The molecule has 0 radical (unpaired) electrons. The van der Waals surface area contributed by atoms with Crippen LogP contribution in [-0.2, 0) is 16.6 Å². The minimum atomic E-state index is -1.50. The summed E-state index contributed by atoms with van der Waals surface area (Å²) in [6.07, 6.45) is 0. The molecule has 100 valence electrons. The zero-order chi connectivity index (χ0) is 14.0. The highest BCUT2D eigenvalue weighted by Gasteiger charge is 2.13. The van der Waals surface area contributed by atoms with Crippen molar-refractivity contribution in [3.8, 4) is 0 Å². The van der Waals surface area contributed by atoms with Crippen LogP contribution in [0, 0.1) is 5.82 Å². The van der Waals surface area contributed by atoms with Crippen molar-refractivity contribution in [2.75, 3.05) is 5.73 Å². The lowest BCUT2D eigenvalue weighted by molar-refractivity contribution is 0.596. The second-order valence-corrected chi connectivity index (χ2v) is 6.66. The van der Waals surface area contributed by atoms with Crippen molar-refractivity contribution < 1.29 is 8.60 Å². The van der Waals surface area contributed by atoms with Crippen molar-refractivity contribution in [3.63, 3.8) is 0 Å². The fourth-order valence-electron chi connectivity index (χ4n) is 1.56. The smallest absolute Gasteiger partial charge is 0.141 e. The second-order valence-electron chi connectivity index (χ2n) is 3.92. The van der Waals surface area contributed by atoms with Gasteiger partial charge in [-0.2, -0.15) is 0 Å². The zero-order valence-electron chi connectivity index (χ0n) is 9.70. The molecular formula is C13H10BrClFNOS. The maximum Gasteiger partial charge on any atom is 0.141 e. The van der Waals surface area contributed by atoms with Gasteiger partial charge in [-0.1, -0.05) is 33.6 Å². The number of rotatable bonds is 3. The third-order valence-corrected chi connectivity index (χ3v) is 4.74. The monoisotopic (exact) mass is 361 g/mol. The number of nitrogen functional groups attached to an aromatic ring is 1. The van der Waals surface area contributed by atoms with Crippen LogP contribution < -0.4 is 5.73 Å². The maximum atomic E-state index is 13.7. The van der Waals surface area contributed by atoms with E-state index in [4.69, 9.17) is 17.3 Å². The van der Waals surface area contributed by atoms with Gasteiger partial charge in [0.05, 0.1) is 21.4 Å². The lowest BCUT2D eigenvalue weighted by atomic mass is 10.2. The topological polar surface area (TPSA) is 43.1 Å². The molecule has 0 aliphatic carbocycles. The summed E-state index contributed by atoms with van der Waals surface area (Å²) < 4.78 is 26.6. The molecule has 0 aromatic heterocycles. The summed E-state index contributed by atoms with van der Waals surface area (Å²) in [7, 11) is -1.50.